The van der Waals surface area contributed by atoms with Crippen LogP contribution in [0.25, 0.3) is 0 Å². The van der Waals surface area contributed by atoms with Gasteiger partial charge in [-0.25, -0.2) is 0 Å². The lowest BCUT2D eigenvalue weighted by molar-refractivity contribution is 0.0939. The van der Waals surface area contributed by atoms with Gasteiger partial charge in [0.25, 0.3) is 5.91 Å². The van der Waals surface area contributed by atoms with Crippen LogP contribution in [0.2, 0.25) is 0 Å². The molecule has 0 aliphatic carbocycles. The molecule has 0 aliphatic heterocycles. The number of hydrogen-bond acceptors (Lipinski definition) is 6. The predicted octanol–water partition coefficient (Wildman–Crippen LogP) is 5.35. The topological polar surface area (TPSA) is 78.9 Å². The number of rotatable bonds is 12. The van der Waals surface area contributed by atoms with E-state index in [4.69, 9.17) is 18.9 Å². The predicted molar refractivity (Wildman–Crippen MR) is 131 cm³/mol. The molecular weight excluding hydrogens is 432 g/mol. The van der Waals surface area contributed by atoms with Gasteiger partial charge in [-0.05, 0) is 75.7 Å². The fourth-order valence-corrected chi connectivity index (χ4v) is 3.37. The van der Waals surface area contributed by atoms with Gasteiger partial charge in [0.05, 0.1) is 31.6 Å². The van der Waals surface area contributed by atoms with Gasteiger partial charge < -0.3 is 24.3 Å². The van der Waals surface area contributed by atoms with Crippen LogP contribution in [0.4, 0.5) is 0 Å². The summed E-state index contributed by atoms with van der Waals surface area (Å²) < 4.78 is 22.9. The van der Waals surface area contributed by atoms with E-state index in [2.05, 4.69) is 10.3 Å². The Labute approximate surface area is 201 Å². The number of nitrogens with zero attached hydrogens (tertiary/aromatic N) is 1. The molecule has 0 unspecified atom stereocenters. The van der Waals surface area contributed by atoms with E-state index in [9.17, 15) is 4.79 Å². The largest absolute Gasteiger partial charge is 0.490 e. The minimum absolute atomic E-state index is 0.212. The van der Waals surface area contributed by atoms with Gasteiger partial charge in [0.2, 0.25) is 0 Å². The molecule has 0 spiro atoms. The molecule has 0 aliphatic rings. The average molecular weight is 465 g/mol. The second kappa shape index (κ2) is 12.5. The molecule has 0 radical (unpaired) electrons. The maximum Gasteiger partial charge on any atom is 0.251 e. The Bertz CT molecular complexity index is 1070. The van der Waals surface area contributed by atoms with Crippen LogP contribution < -0.4 is 24.3 Å². The van der Waals surface area contributed by atoms with Gasteiger partial charge in [-0.15, -0.1) is 0 Å². The van der Waals surface area contributed by atoms with Crippen LogP contribution in [0.1, 0.15) is 55.4 Å². The van der Waals surface area contributed by atoms with Crippen molar-refractivity contribution in [1.82, 2.24) is 10.3 Å². The fraction of sp³-hybridized carbons (Fsp3) is 0.333. The Kier molecular flexibility index (Phi) is 9.14. The van der Waals surface area contributed by atoms with E-state index >= 15 is 0 Å². The summed E-state index contributed by atoms with van der Waals surface area (Å²) in [6, 6.07) is 16.3. The molecule has 2 aromatic carbocycles. The van der Waals surface area contributed by atoms with Crippen molar-refractivity contribution in [3.8, 4) is 23.0 Å². The first kappa shape index (κ1) is 24.9. The summed E-state index contributed by atoms with van der Waals surface area (Å²) in [7, 11) is 0. The SMILES string of the molecule is CCOc1ccc([C@H](C)NC(=O)c2ccc(OCc3ccccn3)c(OCC)c2)cc1OCC. The molecule has 1 heterocycles. The Hall–Kier alpha value is -3.74. The van der Waals surface area contributed by atoms with E-state index in [0.29, 0.717) is 55.0 Å². The number of pyridine rings is 1. The van der Waals surface area contributed by atoms with Gasteiger partial charge in [-0.3, -0.25) is 9.78 Å². The van der Waals surface area contributed by atoms with Crippen LogP contribution in [0, 0.1) is 0 Å². The summed E-state index contributed by atoms with van der Waals surface area (Å²) in [6.45, 7) is 9.51. The van der Waals surface area contributed by atoms with Crippen molar-refractivity contribution in [1.29, 1.82) is 0 Å². The molecule has 34 heavy (non-hydrogen) atoms. The number of hydrogen-bond donors (Lipinski definition) is 1. The molecule has 3 rings (SSSR count). The molecule has 0 fully saturated rings. The maximum absolute atomic E-state index is 13.0. The quantitative estimate of drug-likeness (QED) is 0.389. The minimum Gasteiger partial charge on any atom is -0.490 e. The molecule has 7 heteroatoms. The molecule has 3 aromatic rings. The Morgan fingerprint density at radius 3 is 2.15 bits per heavy atom. The molecule has 0 saturated carbocycles. The zero-order chi connectivity index (χ0) is 24.3. The van der Waals surface area contributed by atoms with Gasteiger partial charge in [-0.2, -0.15) is 0 Å². The average Bonchev–Trinajstić information content (AvgIpc) is 2.85. The lowest BCUT2D eigenvalue weighted by atomic mass is 10.1. The normalized spacial score (nSPS) is 11.4. The fourth-order valence-electron chi connectivity index (χ4n) is 3.37. The highest BCUT2D eigenvalue weighted by molar-refractivity contribution is 5.95. The number of carbonyl (C=O) groups excluding carboxylic acids is 1. The number of aromatic nitrogens is 1. The van der Waals surface area contributed by atoms with Gasteiger partial charge in [-0.1, -0.05) is 12.1 Å². The highest BCUT2D eigenvalue weighted by atomic mass is 16.5. The smallest absolute Gasteiger partial charge is 0.251 e. The molecule has 1 N–H and O–H groups in total. The van der Waals surface area contributed by atoms with Gasteiger partial charge in [0.15, 0.2) is 23.0 Å². The van der Waals surface area contributed by atoms with Crippen LogP contribution in [0.3, 0.4) is 0 Å². The molecule has 1 amide bonds. The number of nitrogens with one attached hydrogen (secondary N) is 1. The molecule has 0 saturated heterocycles. The summed E-state index contributed by atoms with van der Waals surface area (Å²) in [6.07, 6.45) is 1.72. The summed E-state index contributed by atoms with van der Waals surface area (Å²) in [5.41, 5.74) is 2.21. The third-order valence-corrected chi connectivity index (χ3v) is 5.02. The third-order valence-electron chi connectivity index (χ3n) is 5.02. The van der Waals surface area contributed by atoms with Gasteiger partial charge in [0.1, 0.15) is 6.61 Å². The van der Waals surface area contributed by atoms with E-state index in [0.717, 1.165) is 11.3 Å². The van der Waals surface area contributed by atoms with Crippen LogP contribution in [-0.4, -0.2) is 30.7 Å². The summed E-state index contributed by atoms with van der Waals surface area (Å²) in [4.78, 5) is 17.2. The Morgan fingerprint density at radius 1 is 0.824 bits per heavy atom. The van der Waals surface area contributed by atoms with Crippen LogP contribution in [-0.2, 0) is 6.61 Å². The monoisotopic (exact) mass is 464 g/mol. The summed E-state index contributed by atoms with van der Waals surface area (Å²) in [5.74, 6) is 2.21. The van der Waals surface area contributed by atoms with E-state index in [-0.39, 0.29) is 11.9 Å². The molecule has 180 valence electrons. The molecule has 1 atom stereocenters. The first-order chi connectivity index (χ1) is 16.5. The maximum atomic E-state index is 13.0. The molecule has 1 aromatic heterocycles. The standard InChI is InChI=1S/C27H32N2O5/c1-5-31-23-13-11-20(16-25(23)32-6-2)19(4)29-27(30)21-12-14-24(26(17-21)33-7-3)34-18-22-10-8-9-15-28-22/h8-17,19H,5-7,18H2,1-4H3,(H,29,30)/t19-/m0/s1. The van der Waals surface area contributed by atoms with E-state index in [1.807, 2.05) is 64.1 Å². The third kappa shape index (κ3) is 6.63. The number of carbonyl (C=O) groups is 1. The van der Waals surface area contributed by atoms with E-state index < -0.39 is 0 Å². The first-order valence-corrected chi connectivity index (χ1v) is 11.6. The zero-order valence-corrected chi connectivity index (χ0v) is 20.2. The van der Waals surface area contributed by atoms with Crippen molar-refractivity contribution in [2.45, 2.75) is 40.3 Å². The number of ether oxygens (including phenoxy) is 4. The highest BCUT2D eigenvalue weighted by Crippen LogP contribution is 2.32. The van der Waals surface area contributed by atoms with E-state index in [1.54, 1.807) is 24.4 Å². The number of benzene rings is 2. The Balaban J connectivity index is 1.72. The van der Waals surface area contributed by atoms with E-state index in [1.165, 1.54) is 0 Å². The molecular formula is C27H32N2O5. The van der Waals surface area contributed by atoms with Crippen LogP contribution >= 0.6 is 0 Å². The second-order valence-electron chi connectivity index (χ2n) is 7.47. The van der Waals surface area contributed by atoms with Crippen molar-refractivity contribution in [3.63, 3.8) is 0 Å². The van der Waals surface area contributed by atoms with Crippen molar-refractivity contribution in [2.24, 2.45) is 0 Å². The van der Waals surface area contributed by atoms with Crippen molar-refractivity contribution in [3.05, 3.63) is 77.6 Å². The lowest BCUT2D eigenvalue weighted by Crippen LogP contribution is -2.26. The van der Waals surface area contributed by atoms with Crippen molar-refractivity contribution >= 4 is 5.91 Å². The van der Waals surface area contributed by atoms with Gasteiger partial charge in [0, 0.05) is 11.8 Å². The van der Waals surface area contributed by atoms with Crippen molar-refractivity contribution in [2.75, 3.05) is 19.8 Å². The second-order valence-corrected chi connectivity index (χ2v) is 7.47. The minimum atomic E-state index is -0.238. The molecule has 7 nitrogen and oxygen atoms in total. The number of amides is 1. The summed E-state index contributed by atoms with van der Waals surface area (Å²) >= 11 is 0. The van der Waals surface area contributed by atoms with Crippen LogP contribution in [0.5, 0.6) is 23.0 Å². The van der Waals surface area contributed by atoms with Crippen molar-refractivity contribution < 1.29 is 23.7 Å². The molecule has 0 bridgehead atoms. The highest BCUT2D eigenvalue weighted by Gasteiger charge is 2.17. The lowest BCUT2D eigenvalue weighted by Gasteiger charge is -2.18. The zero-order valence-electron chi connectivity index (χ0n) is 20.2. The first-order valence-electron chi connectivity index (χ1n) is 11.6. The van der Waals surface area contributed by atoms with Gasteiger partial charge >= 0.3 is 0 Å². The summed E-state index contributed by atoms with van der Waals surface area (Å²) in [5, 5.41) is 3.04. The van der Waals surface area contributed by atoms with Crippen LogP contribution in [0.15, 0.2) is 60.8 Å². The Morgan fingerprint density at radius 2 is 1.47 bits per heavy atom.